The van der Waals surface area contributed by atoms with Crippen LogP contribution < -0.4 is 0 Å². The van der Waals surface area contributed by atoms with Gasteiger partial charge in [0.1, 0.15) is 5.60 Å². The zero-order valence-corrected chi connectivity index (χ0v) is 21.3. The lowest BCUT2D eigenvalue weighted by Crippen LogP contribution is -2.66. The first-order valence-corrected chi connectivity index (χ1v) is 12.4. The summed E-state index contributed by atoms with van der Waals surface area (Å²) in [5, 5.41) is 0. The minimum absolute atomic E-state index is 0.0385. The molecular weight excluding hydrogens is 442 g/mol. The van der Waals surface area contributed by atoms with Gasteiger partial charge in [-0.2, -0.15) is 0 Å². The molecule has 186 valence electrons. The van der Waals surface area contributed by atoms with E-state index in [1.165, 1.54) is 5.56 Å². The number of hydrogen-bond acceptors (Lipinski definition) is 6. The second-order valence-corrected chi connectivity index (χ2v) is 10.9. The van der Waals surface area contributed by atoms with Gasteiger partial charge in [-0.15, -0.1) is 0 Å². The van der Waals surface area contributed by atoms with Crippen LogP contribution in [0.5, 0.6) is 0 Å². The van der Waals surface area contributed by atoms with E-state index in [1.807, 2.05) is 37.9 Å². The van der Waals surface area contributed by atoms with Crippen molar-refractivity contribution in [3.63, 3.8) is 0 Å². The Morgan fingerprint density at radius 3 is 2.46 bits per heavy atom. The van der Waals surface area contributed by atoms with Crippen LogP contribution in [0.25, 0.3) is 17.0 Å². The molecule has 0 spiro atoms. The molecule has 1 amide bonds. The second kappa shape index (κ2) is 9.24. The summed E-state index contributed by atoms with van der Waals surface area (Å²) in [6.45, 7) is 13.3. The molecule has 2 saturated heterocycles. The number of morpholine rings is 1. The molecule has 2 atom stereocenters. The maximum absolute atomic E-state index is 12.9. The molecule has 4 heterocycles. The molecular formula is C27H35N5O3. The van der Waals surface area contributed by atoms with E-state index in [9.17, 15) is 4.79 Å². The summed E-state index contributed by atoms with van der Waals surface area (Å²) in [7, 11) is 0. The Hall–Kier alpha value is -2.97. The molecule has 2 aliphatic rings. The van der Waals surface area contributed by atoms with Crippen LogP contribution in [-0.2, 0) is 16.0 Å². The van der Waals surface area contributed by atoms with Crippen molar-refractivity contribution < 1.29 is 14.3 Å². The van der Waals surface area contributed by atoms with Crippen LogP contribution in [0.1, 0.15) is 51.8 Å². The van der Waals surface area contributed by atoms with Gasteiger partial charge in [0.15, 0.2) is 0 Å². The van der Waals surface area contributed by atoms with E-state index < -0.39 is 5.60 Å². The minimum atomic E-state index is -0.521. The summed E-state index contributed by atoms with van der Waals surface area (Å²) < 4.78 is 13.6. The number of amides is 1. The third-order valence-corrected chi connectivity index (χ3v) is 6.68. The normalized spacial score (nSPS) is 21.0. The molecule has 2 fully saturated rings. The number of hydrogen-bond donors (Lipinski definition) is 0. The van der Waals surface area contributed by atoms with Crippen LogP contribution in [0.4, 0.5) is 4.79 Å². The molecule has 35 heavy (non-hydrogen) atoms. The van der Waals surface area contributed by atoms with Crippen LogP contribution in [0.2, 0.25) is 0 Å². The van der Waals surface area contributed by atoms with Gasteiger partial charge in [-0.05, 0) is 38.3 Å². The van der Waals surface area contributed by atoms with Crippen molar-refractivity contribution >= 4 is 11.9 Å². The van der Waals surface area contributed by atoms with Gasteiger partial charge in [0.25, 0.3) is 0 Å². The van der Waals surface area contributed by atoms with E-state index in [0.717, 1.165) is 30.0 Å². The van der Waals surface area contributed by atoms with Crippen LogP contribution in [-0.4, -0.2) is 74.2 Å². The van der Waals surface area contributed by atoms with Crippen LogP contribution >= 0.6 is 0 Å². The van der Waals surface area contributed by atoms with Gasteiger partial charge in [-0.1, -0.05) is 38.1 Å². The topological polar surface area (TPSA) is 72.2 Å². The van der Waals surface area contributed by atoms with Gasteiger partial charge in [0.05, 0.1) is 36.7 Å². The third kappa shape index (κ3) is 4.90. The molecule has 5 rings (SSSR count). The fourth-order valence-corrected chi connectivity index (χ4v) is 5.05. The maximum atomic E-state index is 12.9. The van der Waals surface area contributed by atoms with Crippen molar-refractivity contribution in [1.29, 1.82) is 0 Å². The Labute approximate surface area is 206 Å². The van der Waals surface area contributed by atoms with Gasteiger partial charge >= 0.3 is 6.09 Å². The largest absolute Gasteiger partial charge is 0.444 e. The average molecular weight is 478 g/mol. The van der Waals surface area contributed by atoms with Gasteiger partial charge in [-0.3, -0.25) is 14.2 Å². The Balaban J connectivity index is 1.42. The quantitative estimate of drug-likeness (QED) is 0.557. The summed E-state index contributed by atoms with van der Waals surface area (Å²) in [6.07, 6.45) is 3.55. The Morgan fingerprint density at radius 2 is 1.83 bits per heavy atom. The number of benzene rings is 1. The molecule has 0 radical (unpaired) electrons. The third-order valence-electron chi connectivity index (χ3n) is 6.68. The Kier molecular flexibility index (Phi) is 6.27. The summed E-state index contributed by atoms with van der Waals surface area (Å²) in [4.78, 5) is 26.6. The van der Waals surface area contributed by atoms with Crippen molar-refractivity contribution in [3.8, 4) is 11.3 Å². The summed E-state index contributed by atoms with van der Waals surface area (Å²) in [5.41, 5.74) is 3.94. The lowest BCUT2D eigenvalue weighted by molar-refractivity contribution is -0.0990. The zero-order valence-electron chi connectivity index (χ0n) is 21.3. The number of aromatic nitrogens is 3. The van der Waals surface area contributed by atoms with E-state index in [1.54, 1.807) is 6.20 Å². The van der Waals surface area contributed by atoms with E-state index in [0.29, 0.717) is 31.5 Å². The Morgan fingerprint density at radius 1 is 1.14 bits per heavy atom. The number of ether oxygens (including phenoxy) is 2. The van der Waals surface area contributed by atoms with E-state index in [2.05, 4.69) is 52.4 Å². The predicted octanol–water partition coefficient (Wildman–Crippen LogP) is 4.34. The molecule has 2 bridgehead atoms. The van der Waals surface area contributed by atoms with Crippen molar-refractivity contribution in [2.24, 2.45) is 0 Å². The number of carbonyl (C=O) groups excluding carboxylic acids is 1. The van der Waals surface area contributed by atoms with E-state index >= 15 is 0 Å². The minimum Gasteiger partial charge on any atom is -0.444 e. The molecule has 2 aromatic heterocycles. The first-order chi connectivity index (χ1) is 16.7. The van der Waals surface area contributed by atoms with Gasteiger partial charge in [0, 0.05) is 37.6 Å². The predicted molar refractivity (Wildman–Crippen MR) is 134 cm³/mol. The maximum Gasteiger partial charge on any atom is 0.411 e. The standard InChI is InChI=1S/C27H35N5O3/c1-18(2)19-7-9-20(10-8-19)24-23(31-12-6-11-28-25(31)29-24)15-30-13-21-16-34-17-22(14-30)32(21)26(33)35-27(3,4)5/h6-12,18,21-22H,13-17H2,1-5H3. The van der Waals surface area contributed by atoms with Crippen LogP contribution in [0, 0.1) is 0 Å². The fourth-order valence-electron chi connectivity index (χ4n) is 5.05. The van der Waals surface area contributed by atoms with Crippen molar-refractivity contribution in [2.45, 2.75) is 64.8 Å². The van der Waals surface area contributed by atoms with Crippen LogP contribution in [0.15, 0.2) is 42.7 Å². The lowest BCUT2D eigenvalue weighted by atomic mass is 10.00. The molecule has 0 N–H and O–H groups in total. The molecule has 3 aromatic rings. The molecule has 2 aliphatic heterocycles. The van der Waals surface area contributed by atoms with Gasteiger partial charge in [0.2, 0.25) is 5.78 Å². The summed E-state index contributed by atoms with van der Waals surface area (Å²) in [6, 6.07) is 10.5. The molecule has 0 saturated carbocycles. The highest BCUT2D eigenvalue weighted by molar-refractivity contribution is 5.69. The number of imidazole rings is 1. The molecule has 8 nitrogen and oxygen atoms in total. The van der Waals surface area contributed by atoms with E-state index in [4.69, 9.17) is 14.5 Å². The monoisotopic (exact) mass is 477 g/mol. The molecule has 2 unspecified atom stereocenters. The molecule has 1 aromatic carbocycles. The van der Waals surface area contributed by atoms with E-state index in [-0.39, 0.29) is 18.2 Å². The zero-order chi connectivity index (χ0) is 24.7. The first-order valence-electron chi connectivity index (χ1n) is 12.4. The summed E-state index contributed by atoms with van der Waals surface area (Å²) >= 11 is 0. The molecule has 8 heteroatoms. The highest BCUT2D eigenvalue weighted by Gasteiger charge is 2.43. The number of nitrogens with zero attached hydrogens (tertiary/aromatic N) is 5. The first kappa shape index (κ1) is 23.8. The average Bonchev–Trinajstić information content (AvgIpc) is 3.16. The van der Waals surface area contributed by atoms with Crippen molar-refractivity contribution in [2.75, 3.05) is 26.3 Å². The van der Waals surface area contributed by atoms with Crippen molar-refractivity contribution in [3.05, 3.63) is 54.0 Å². The number of rotatable bonds is 4. The SMILES string of the molecule is CC(C)c1ccc(-c2nc3ncccn3c2CN2CC3COCC(C2)N3C(=O)OC(C)(C)C)cc1. The van der Waals surface area contributed by atoms with Gasteiger partial charge < -0.3 is 9.47 Å². The second-order valence-electron chi connectivity index (χ2n) is 10.9. The fraction of sp³-hybridized carbons (Fsp3) is 0.519. The highest BCUT2D eigenvalue weighted by Crippen LogP contribution is 2.30. The van der Waals surface area contributed by atoms with Gasteiger partial charge in [-0.25, -0.2) is 14.8 Å². The number of carbonyl (C=O) groups is 1. The number of piperazine rings is 1. The smallest absolute Gasteiger partial charge is 0.411 e. The summed E-state index contributed by atoms with van der Waals surface area (Å²) in [5.74, 6) is 1.18. The van der Waals surface area contributed by atoms with Crippen molar-refractivity contribution in [1.82, 2.24) is 24.2 Å². The Bertz CT molecular complexity index is 1180. The highest BCUT2D eigenvalue weighted by atomic mass is 16.6. The lowest BCUT2D eigenvalue weighted by Gasteiger charge is -2.49. The van der Waals surface area contributed by atoms with Crippen LogP contribution in [0.3, 0.4) is 0 Å². The molecule has 0 aliphatic carbocycles. The number of fused-ring (bicyclic) bond motifs is 3.